The Morgan fingerprint density at radius 2 is 1.62 bits per heavy atom. The molecule has 0 aromatic carbocycles. The van der Waals surface area contributed by atoms with Crippen molar-refractivity contribution in [2.24, 2.45) is 11.5 Å². The SMILES string of the molecule is N.N#CS.NC(N)=O. The van der Waals surface area contributed by atoms with E-state index < -0.39 is 6.03 Å². The molecule has 0 atom stereocenters. The normalized spacial score (nSPS) is 4.00. The van der Waals surface area contributed by atoms with Crippen molar-refractivity contribution >= 4 is 18.7 Å². The van der Waals surface area contributed by atoms with Gasteiger partial charge in [-0.15, -0.1) is 0 Å². The monoisotopic (exact) mass is 136 g/mol. The van der Waals surface area contributed by atoms with Crippen molar-refractivity contribution in [3.05, 3.63) is 0 Å². The zero-order chi connectivity index (χ0) is 6.28. The first-order valence-corrected chi connectivity index (χ1v) is 1.68. The molecule has 0 aliphatic rings. The highest BCUT2D eigenvalue weighted by Gasteiger charge is 1.60. The topological polar surface area (TPSA) is 128 Å². The highest BCUT2D eigenvalue weighted by molar-refractivity contribution is 7.85. The zero-order valence-electron chi connectivity index (χ0n) is 4.16. The molecular formula is C2H8N4OS. The lowest BCUT2D eigenvalue weighted by Gasteiger charge is -1.62. The quantitative estimate of drug-likeness (QED) is 0.266. The van der Waals surface area contributed by atoms with Crippen LogP contribution < -0.4 is 17.6 Å². The second-order valence-corrected chi connectivity index (χ2v) is 0.702. The van der Waals surface area contributed by atoms with E-state index in [9.17, 15) is 0 Å². The first-order chi connectivity index (χ1) is 3.15. The maximum Gasteiger partial charge on any atom is 0.309 e. The summed E-state index contributed by atoms with van der Waals surface area (Å²) in [5, 5.41) is 8.63. The molecule has 0 unspecified atom stereocenters. The maximum absolute atomic E-state index is 9.00. The molecule has 0 heterocycles. The van der Waals surface area contributed by atoms with Crippen LogP contribution in [0.2, 0.25) is 0 Å². The molecule has 0 spiro atoms. The van der Waals surface area contributed by atoms with Gasteiger partial charge >= 0.3 is 6.03 Å². The third kappa shape index (κ3) is 97.1. The van der Waals surface area contributed by atoms with Gasteiger partial charge in [0.05, 0.1) is 0 Å². The van der Waals surface area contributed by atoms with E-state index in [0.29, 0.717) is 0 Å². The molecule has 0 fully saturated rings. The Morgan fingerprint density at radius 1 is 1.62 bits per heavy atom. The summed E-state index contributed by atoms with van der Waals surface area (Å²) >= 11 is 3.09. The molecule has 0 saturated heterocycles. The van der Waals surface area contributed by atoms with Gasteiger partial charge in [0.1, 0.15) is 5.40 Å². The number of rotatable bonds is 0. The van der Waals surface area contributed by atoms with Crippen molar-refractivity contribution in [3.63, 3.8) is 0 Å². The van der Waals surface area contributed by atoms with Gasteiger partial charge in [-0.3, -0.25) is 0 Å². The molecular weight excluding hydrogens is 128 g/mol. The highest BCUT2D eigenvalue weighted by atomic mass is 32.1. The van der Waals surface area contributed by atoms with Crippen molar-refractivity contribution < 1.29 is 4.79 Å². The van der Waals surface area contributed by atoms with Gasteiger partial charge in [-0.1, -0.05) is 12.6 Å². The van der Waals surface area contributed by atoms with Crippen LogP contribution in [0.1, 0.15) is 0 Å². The predicted octanol–water partition coefficient (Wildman–Crippen LogP) is -0.417. The fraction of sp³-hybridized carbons (Fsp3) is 0. The van der Waals surface area contributed by atoms with Crippen LogP contribution in [0, 0.1) is 10.7 Å². The summed E-state index contributed by atoms with van der Waals surface area (Å²) in [5.74, 6) is 0. The number of carbonyl (C=O) groups is 1. The number of carbonyl (C=O) groups excluding carboxylic acids is 1. The number of thiocyanates is 1. The predicted molar refractivity (Wildman–Crippen MR) is 33.4 cm³/mol. The Hall–Kier alpha value is -0.930. The number of nitriles is 1. The first kappa shape index (κ1) is 15.7. The third-order valence-corrected chi connectivity index (χ3v) is 0. The molecule has 7 N–H and O–H groups in total. The molecule has 0 aromatic rings. The van der Waals surface area contributed by atoms with Gasteiger partial charge in [-0.2, -0.15) is 5.26 Å². The minimum atomic E-state index is -0.833. The number of nitrogens with zero attached hydrogens (tertiary/aromatic N) is 1. The van der Waals surface area contributed by atoms with Gasteiger partial charge in [0.15, 0.2) is 0 Å². The highest BCUT2D eigenvalue weighted by Crippen LogP contribution is 1.46. The van der Waals surface area contributed by atoms with E-state index in [0.717, 1.165) is 0 Å². The minimum absolute atomic E-state index is 0. The van der Waals surface area contributed by atoms with Crippen LogP contribution >= 0.6 is 12.6 Å². The van der Waals surface area contributed by atoms with Gasteiger partial charge < -0.3 is 17.6 Å². The van der Waals surface area contributed by atoms with Gasteiger partial charge in [0.25, 0.3) is 0 Å². The average Bonchev–Trinajstić information content (AvgIpc) is 1.33. The Bertz CT molecular complexity index is 82.5. The van der Waals surface area contributed by atoms with E-state index in [1.807, 2.05) is 0 Å². The standard InChI is InChI=1S/CH4N2O.CHNS.H3N/c2-1(3)4;2-1-3;/h(H4,2,3,4);3H;1H3. The summed E-state index contributed by atoms with van der Waals surface area (Å²) in [6.45, 7) is 0. The molecule has 48 valence electrons. The van der Waals surface area contributed by atoms with Crippen molar-refractivity contribution in [1.29, 1.82) is 5.26 Å². The number of hydrogen-bond acceptors (Lipinski definition) is 4. The van der Waals surface area contributed by atoms with Gasteiger partial charge in [-0.25, -0.2) is 4.79 Å². The fourth-order valence-electron chi connectivity index (χ4n) is 0. The lowest BCUT2D eigenvalue weighted by atomic mass is 11.2. The lowest BCUT2D eigenvalue weighted by Crippen LogP contribution is -2.18. The number of primary amides is 2. The van der Waals surface area contributed by atoms with Crippen LogP contribution in [0.25, 0.3) is 0 Å². The van der Waals surface area contributed by atoms with E-state index in [4.69, 9.17) is 10.1 Å². The molecule has 0 rings (SSSR count). The number of urea groups is 1. The van der Waals surface area contributed by atoms with Gasteiger partial charge in [0.2, 0.25) is 0 Å². The second kappa shape index (κ2) is 16.6. The summed E-state index contributed by atoms with van der Waals surface area (Å²) in [6, 6.07) is -0.833. The summed E-state index contributed by atoms with van der Waals surface area (Å²) < 4.78 is 0. The van der Waals surface area contributed by atoms with E-state index >= 15 is 0 Å². The van der Waals surface area contributed by atoms with Crippen molar-refractivity contribution in [1.82, 2.24) is 6.15 Å². The molecule has 0 bridgehead atoms. The third-order valence-electron chi connectivity index (χ3n) is 0. The van der Waals surface area contributed by atoms with Crippen LogP contribution in [0.15, 0.2) is 0 Å². The zero-order valence-corrected chi connectivity index (χ0v) is 5.06. The van der Waals surface area contributed by atoms with Crippen LogP contribution in [-0.2, 0) is 0 Å². The molecule has 0 aromatic heterocycles. The molecule has 0 aliphatic carbocycles. The van der Waals surface area contributed by atoms with E-state index in [-0.39, 0.29) is 6.15 Å². The first-order valence-electron chi connectivity index (χ1n) is 1.23. The van der Waals surface area contributed by atoms with Gasteiger partial charge in [-0.05, 0) is 0 Å². The van der Waals surface area contributed by atoms with Gasteiger partial charge in [0, 0.05) is 0 Å². The smallest absolute Gasteiger partial charge is 0.309 e. The van der Waals surface area contributed by atoms with E-state index in [1.54, 1.807) is 0 Å². The minimum Gasteiger partial charge on any atom is -0.352 e. The number of nitrogens with two attached hydrogens (primary N) is 2. The number of thiol groups is 1. The number of hydrogen-bond donors (Lipinski definition) is 4. The molecule has 0 saturated carbocycles. The molecule has 2 amide bonds. The fourth-order valence-corrected chi connectivity index (χ4v) is 0. The molecule has 0 aliphatic heterocycles. The summed E-state index contributed by atoms with van der Waals surface area (Å²) in [4.78, 5) is 9.00. The van der Waals surface area contributed by atoms with Crippen LogP contribution in [0.4, 0.5) is 4.79 Å². The second-order valence-electron chi connectivity index (χ2n) is 0.502. The number of amides is 2. The molecule has 5 nitrogen and oxygen atoms in total. The van der Waals surface area contributed by atoms with Crippen LogP contribution in [0.5, 0.6) is 0 Å². The van der Waals surface area contributed by atoms with E-state index in [1.165, 1.54) is 5.40 Å². The molecule has 8 heavy (non-hydrogen) atoms. The summed E-state index contributed by atoms with van der Waals surface area (Å²) in [7, 11) is 0. The van der Waals surface area contributed by atoms with E-state index in [2.05, 4.69) is 24.1 Å². The summed E-state index contributed by atoms with van der Waals surface area (Å²) in [5.41, 5.74) is 8.50. The molecule has 0 radical (unpaired) electrons. The molecule has 6 heteroatoms. The van der Waals surface area contributed by atoms with Crippen molar-refractivity contribution in [3.8, 4) is 5.40 Å². The van der Waals surface area contributed by atoms with Crippen molar-refractivity contribution in [2.75, 3.05) is 0 Å². The maximum atomic E-state index is 9.00. The Kier molecular flexibility index (Phi) is 32.5. The Labute approximate surface area is 52.6 Å². The Balaban J connectivity index is -0.0000000575. The summed E-state index contributed by atoms with van der Waals surface area (Å²) in [6.07, 6.45) is 0. The average molecular weight is 136 g/mol. The lowest BCUT2D eigenvalue weighted by molar-refractivity contribution is 0.256. The van der Waals surface area contributed by atoms with Crippen LogP contribution in [0.3, 0.4) is 0 Å². The largest absolute Gasteiger partial charge is 0.352 e. The Morgan fingerprint density at radius 3 is 1.62 bits per heavy atom. The van der Waals surface area contributed by atoms with Crippen LogP contribution in [-0.4, -0.2) is 6.03 Å². The van der Waals surface area contributed by atoms with Crippen molar-refractivity contribution in [2.45, 2.75) is 0 Å².